The highest BCUT2D eigenvalue weighted by molar-refractivity contribution is 8.14. The van der Waals surface area contributed by atoms with Gasteiger partial charge in [0.1, 0.15) is 13.2 Å². The van der Waals surface area contributed by atoms with Crippen LogP contribution in [0.4, 0.5) is 4.79 Å². The second kappa shape index (κ2) is 10.7. The number of alkyl carbamates (subject to hydrolysis) is 1. The number of benzene rings is 2. The number of nitrogens with one attached hydrogen (secondary N) is 1. The second-order valence-electron chi connectivity index (χ2n) is 5.83. The number of esters is 1. The number of halogens is 1. The summed E-state index contributed by atoms with van der Waals surface area (Å²) in [6.45, 7) is -0.122. The van der Waals surface area contributed by atoms with E-state index in [2.05, 4.69) is 5.32 Å². The first kappa shape index (κ1) is 21.7. The Bertz CT molecular complexity index is 874. The molecule has 9 heteroatoms. The van der Waals surface area contributed by atoms with Gasteiger partial charge in [-0.3, -0.25) is 4.79 Å². The number of hydrogen-bond donors (Lipinski definition) is 1. The van der Waals surface area contributed by atoms with Crippen LogP contribution in [0.3, 0.4) is 0 Å². The zero-order valence-corrected chi connectivity index (χ0v) is 16.5. The van der Waals surface area contributed by atoms with Crippen LogP contribution in [0.25, 0.3) is 0 Å². The quantitative estimate of drug-likeness (QED) is 0.489. The molecule has 2 aromatic carbocycles. The summed E-state index contributed by atoms with van der Waals surface area (Å²) in [6, 6.07) is 17.9. The smallest absolute Gasteiger partial charge is 0.407 e. The van der Waals surface area contributed by atoms with Gasteiger partial charge < -0.3 is 14.8 Å². The molecule has 0 fully saturated rings. The van der Waals surface area contributed by atoms with Crippen LogP contribution in [0, 0.1) is 0 Å². The van der Waals surface area contributed by atoms with Gasteiger partial charge in [-0.25, -0.2) is 13.2 Å². The minimum absolute atomic E-state index is 0.0724. The van der Waals surface area contributed by atoms with Crippen LogP contribution in [-0.2, 0) is 36.5 Å². The number of ether oxygens (including phenoxy) is 2. The lowest BCUT2D eigenvalue weighted by Gasteiger charge is -2.14. The Balaban J connectivity index is 1.79. The molecule has 0 aromatic heterocycles. The Labute approximate surface area is 168 Å². The molecule has 2 aromatic rings. The van der Waals surface area contributed by atoms with Crippen molar-refractivity contribution in [2.75, 3.05) is 6.54 Å². The summed E-state index contributed by atoms with van der Waals surface area (Å²) in [5.41, 5.74) is 1.52. The van der Waals surface area contributed by atoms with Crippen molar-refractivity contribution < 1.29 is 27.5 Å². The molecule has 28 heavy (non-hydrogen) atoms. The van der Waals surface area contributed by atoms with Gasteiger partial charge in [-0.15, -0.1) is 0 Å². The molecule has 1 N–H and O–H groups in total. The summed E-state index contributed by atoms with van der Waals surface area (Å²) in [5, 5.41) is 0.802. The molecular formula is C19H20ClNO6S. The molecule has 0 aliphatic carbocycles. The van der Waals surface area contributed by atoms with E-state index in [-0.39, 0.29) is 26.2 Å². The van der Waals surface area contributed by atoms with Gasteiger partial charge in [-0.05, 0) is 17.5 Å². The molecule has 1 amide bonds. The van der Waals surface area contributed by atoms with Gasteiger partial charge in [0, 0.05) is 17.2 Å². The molecule has 1 unspecified atom stereocenters. The lowest BCUT2D eigenvalue weighted by atomic mass is 10.2. The Morgan fingerprint density at radius 2 is 1.39 bits per heavy atom. The fraction of sp³-hybridized carbons (Fsp3) is 0.263. The first-order chi connectivity index (χ1) is 13.4. The lowest BCUT2D eigenvalue weighted by molar-refractivity contribution is -0.144. The van der Waals surface area contributed by atoms with E-state index < -0.39 is 26.4 Å². The second-order valence-corrected chi connectivity index (χ2v) is 8.65. The van der Waals surface area contributed by atoms with Crippen molar-refractivity contribution in [3.8, 4) is 0 Å². The molecule has 0 saturated heterocycles. The van der Waals surface area contributed by atoms with Gasteiger partial charge in [0.2, 0.25) is 9.05 Å². The molecule has 0 aliphatic rings. The highest BCUT2D eigenvalue weighted by Gasteiger charge is 2.32. The third-order valence-electron chi connectivity index (χ3n) is 3.72. The summed E-state index contributed by atoms with van der Waals surface area (Å²) >= 11 is 0. The van der Waals surface area contributed by atoms with Gasteiger partial charge in [0.05, 0.1) is 0 Å². The zero-order chi connectivity index (χ0) is 20.4. The van der Waals surface area contributed by atoms with Crippen LogP contribution in [0.15, 0.2) is 60.7 Å². The van der Waals surface area contributed by atoms with Crippen molar-refractivity contribution in [3.05, 3.63) is 71.8 Å². The summed E-state index contributed by atoms with van der Waals surface area (Å²) < 4.78 is 33.4. The van der Waals surface area contributed by atoms with Crippen LogP contribution in [0.1, 0.15) is 17.5 Å². The van der Waals surface area contributed by atoms with E-state index in [9.17, 15) is 18.0 Å². The highest BCUT2D eigenvalue weighted by atomic mass is 35.7. The van der Waals surface area contributed by atoms with Gasteiger partial charge in [0.15, 0.2) is 5.25 Å². The molecule has 0 spiro atoms. The zero-order valence-electron chi connectivity index (χ0n) is 14.9. The molecule has 0 heterocycles. The van der Waals surface area contributed by atoms with E-state index in [0.717, 1.165) is 5.56 Å². The van der Waals surface area contributed by atoms with Crippen LogP contribution in [0.2, 0.25) is 0 Å². The van der Waals surface area contributed by atoms with Crippen molar-refractivity contribution in [1.29, 1.82) is 0 Å². The maximum Gasteiger partial charge on any atom is 0.407 e. The van der Waals surface area contributed by atoms with Gasteiger partial charge in [-0.1, -0.05) is 60.7 Å². The van der Waals surface area contributed by atoms with E-state index in [4.69, 9.17) is 20.2 Å². The van der Waals surface area contributed by atoms with Crippen LogP contribution in [0.5, 0.6) is 0 Å². The summed E-state index contributed by atoms with van der Waals surface area (Å²) in [7, 11) is 1.14. The molecule has 0 radical (unpaired) electrons. The number of amides is 1. The van der Waals surface area contributed by atoms with Crippen molar-refractivity contribution in [3.63, 3.8) is 0 Å². The normalized spacial score (nSPS) is 12.0. The van der Waals surface area contributed by atoms with E-state index in [0.29, 0.717) is 5.56 Å². The number of carbonyl (C=O) groups excluding carboxylic acids is 2. The Morgan fingerprint density at radius 1 is 0.893 bits per heavy atom. The third-order valence-corrected chi connectivity index (χ3v) is 5.47. The van der Waals surface area contributed by atoms with Crippen LogP contribution in [-0.4, -0.2) is 32.3 Å². The minimum atomic E-state index is -4.22. The van der Waals surface area contributed by atoms with E-state index in [1.54, 1.807) is 42.5 Å². The van der Waals surface area contributed by atoms with Crippen molar-refractivity contribution >= 4 is 31.8 Å². The van der Waals surface area contributed by atoms with Crippen LogP contribution < -0.4 is 5.32 Å². The Morgan fingerprint density at radius 3 is 1.89 bits per heavy atom. The predicted octanol–water partition coefficient (Wildman–Crippen LogP) is 2.98. The van der Waals surface area contributed by atoms with E-state index in [1.165, 1.54) is 0 Å². The molecule has 2 rings (SSSR count). The molecular weight excluding hydrogens is 406 g/mol. The Kier molecular flexibility index (Phi) is 8.28. The molecule has 0 bridgehead atoms. The first-order valence-electron chi connectivity index (χ1n) is 8.45. The summed E-state index contributed by atoms with van der Waals surface area (Å²) in [6.07, 6.45) is -0.966. The predicted molar refractivity (Wildman–Crippen MR) is 104 cm³/mol. The van der Waals surface area contributed by atoms with Gasteiger partial charge >= 0.3 is 12.1 Å². The number of carbonyl (C=O) groups is 2. The molecule has 0 aliphatic heterocycles. The highest BCUT2D eigenvalue weighted by Crippen LogP contribution is 2.14. The monoisotopic (exact) mass is 425 g/mol. The fourth-order valence-electron chi connectivity index (χ4n) is 2.27. The lowest BCUT2D eigenvalue weighted by Crippen LogP contribution is -2.34. The average Bonchev–Trinajstić information content (AvgIpc) is 2.68. The number of hydrogen-bond acceptors (Lipinski definition) is 6. The Hall–Kier alpha value is -2.58. The van der Waals surface area contributed by atoms with Gasteiger partial charge in [-0.2, -0.15) is 0 Å². The standard InChI is InChI=1S/C19H20ClNO6S/c20-28(24,25)17(18(22)26-13-15-7-3-1-4-8-15)11-12-21-19(23)27-14-16-9-5-2-6-10-16/h1-10,17H,11-14H2,(H,21,23). The van der Waals surface area contributed by atoms with Gasteiger partial charge in [0.25, 0.3) is 0 Å². The van der Waals surface area contributed by atoms with Crippen molar-refractivity contribution in [2.24, 2.45) is 0 Å². The number of rotatable bonds is 9. The average molecular weight is 426 g/mol. The van der Waals surface area contributed by atoms with E-state index in [1.807, 2.05) is 18.2 Å². The largest absolute Gasteiger partial charge is 0.460 e. The van der Waals surface area contributed by atoms with Crippen molar-refractivity contribution in [2.45, 2.75) is 24.9 Å². The first-order valence-corrected chi connectivity index (χ1v) is 10.8. The molecule has 7 nitrogen and oxygen atoms in total. The summed E-state index contributed by atoms with van der Waals surface area (Å²) in [5.74, 6) is -0.974. The molecule has 150 valence electrons. The third kappa shape index (κ3) is 7.58. The SMILES string of the molecule is O=C(NCCC(C(=O)OCc1ccccc1)S(=O)(=O)Cl)OCc1ccccc1. The van der Waals surface area contributed by atoms with Crippen LogP contribution >= 0.6 is 10.7 Å². The summed E-state index contributed by atoms with van der Waals surface area (Å²) in [4.78, 5) is 23.8. The molecule has 0 saturated carbocycles. The maximum atomic E-state index is 12.1. The fourth-order valence-corrected chi connectivity index (χ4v) is 3.46. The minimum Gasteiger partial charge on any atom is -0.460 e. The van der Waals surface area contributed by atoms with Crippen molar-refractivity contribution in [1.82, 2.24) is 5.32 Å². The van der Waals surface area contributed by atoms with E-state index >= 15 is 0 Å². The topological polar surface area (TPSA) is 98.8 Å². The maximum absolute atomic E-state index is 12.1. The molecule has 1 atom stereocenters.